The van der Waals surface area contributed by atoms with E-state index in [-0.39, 0.29) is 5.97 Å². The van der Waals surface area contributed by atoms with Crippen LogP contribution in [0.1, 0.15) is 10.4 Å². The van der Waals surface area contributed by atoms with Gasteiger partial charge in [0.2, 0.25) is 0 Å². The largest absolute Gasteiger partial charge is 0.465 e. The van der Waals surface area contributed by atoms with Crippen molar-refractivity contribution in [1.29, 1.82) is 0 Å². The Bertz CT molecular complexity index is 523. The molecule has 0 spiro atoms. The molecule has 0 aliphatic heterocycles. The number of carbonyl (C=O) groups is 1. The van der Waals surface area contributed by atoms with Gasteiger partial charge < -0.3 is 10.5 Å². The highest BCUT2D eigenvalue weighted by Crippen LogP contribution is 2.20. The predicted molar refractivity (Wildman–Crippen MR) is 57.5 cm³/mol. The maximum Gasteiger partial charge on any atom is 0.337 e. The molecule has 76 valence electrons. The van der Waals surface area contributed by atoms with Gasteiger partial charge in [-0.2, -0.15) is 0 Å². The van der Waals surface area contributed by atoms with Gasteiger partial charge in [-0.15, -0.1) is 0 Å². The topological polar surface area (TPSA) is 65.2 Å². The number of nitrogen functional groups attached to an aromatic ring is 1. The predicted octanol–water partition coefficient (Wildman–Crippen LogP) is 1.60. The summed E-state index contributed by atoms with van der Waals surface area (Å²) in [6.07, 6.45) is 3.26. The molecule has 2 N–H and O–H groups in total. The van der Waals surface area contributed by atoms with Crippen LogP contribution in [0.25, 0.3) is 10.8 Å². The Morgan fingerprint density at radius 2 is 2.20 bits per heavy atom. The molecule has 1 heterocycles. The normalized spacial score (nSPS) is 10.2. The summed E-state index contributed by atoms with van der Waals surface area (Å²) in [5.74, 6) is -0.367. The molecule has 0 amide bonds. The SMILES string of the molecule is COC(=O)c1ccc2cncc(N)c2c1. The molecule has 0 atom stereocenters. The Hall–Kier alpha value is -2.10. The lowest BCUT2D eigenvalue weighted by atomic mass is 10.1. The number of nitrogens with two attached hydrogens (primary N) is 1. The Kier molecular flexibility index (Phi) is 2.25. The molecule has 0 aliphatic rings. The maximum absolute atomic E-state index is 11.3. The summed E-state index contributed by atoms with van der Waals surface area (Å²) in [6, 6.07) is 5.19. The van der Waals surface area contributed by atoms with E-state index >= 15 is 0 Å². The average molecular weight is 202 g/mol. The van der Waals surface area contributed by atoms with Gasteiger partial charge in [-0.05, 0) is 12.1 Å². The van der Waals surface area contributed by atoms with Gasteiger partial charge in [-0.1, -0.05) is 6.07 Å². The highest BCUT2D eigenvalue weighted by molar-refractivity contribution is 5.99. The van der Waals surface area contributed by atoms with Crippen LogP contribution in [0.15, 0.2) is 30.6 Å². The summed E-state index contributed by atoms with van der Waals surface area (Å²) in [6.45, 7) is 0. The second-order valence-corrected chi connectivity index (χ2v) is 3.16. The number of fused-ring (bicyclic) bond motifs is 1. The molecule has 2 rings (SSSR count). The van der Waals surface area contributed by atoms with E-state index in [1.807, 2.05) is 0 Å². The number of benzene rings is 1. The van der Waals surface area contributed by atoms with Gasteiger partial charge in [0.15, 0.2) is 0 Å². The van der Waals surface area contributed by atoms with Crippen molar-refractivity contribution in [2.24, 2.45) is 0 Å². The number of anilines is 1. The van der Waals surface area contributed by atoms with Gasteiger partial charge in [-0.3, -0.25) is 4.98 Å². The third kappa shape index (κ3) is 1.61. The van der Waals surface area contributed by atoms with Crippen molar-refractivity contribution in [2.75, 3.05) is 12.8 Å². The Morgan fingerprint density at radius 3 is 2.93 bits per heavy atom. The molecule has 2 aromatic rings. The van der Waals surface area contributed by atoms with E-state index < -0.39 is 0 Å². The van der Waals surface area contributed by atoms with Crippen LogP contribution in [0.3, 0.4) is 0 Å². The summed E-state index contributed by atoms with van der Waals surface area (Å²) in [5.41, 5.74) is 6.79. The lowest BCUT2D eigenvalue weighted by Crippen LogP contribution is -2.01. The minimum atomic E-state index is -0.367. The quantitative estimate of drug-likeness (QED) is 0.713. The molecule has 0 saturated carbocycles. The summed E-state index contributed by atoms with van der Waals surface area (Å²) in [7, 11) is 1.35. The van der Waals surface area contributed by atoms with Crippen LogP contribution in [0.4, 0.5) is 5.69 Å². The summed E-state index contributed by atoms with van der Waals surface area (Å²) in [5, 5.41) is 1.72. The first-order chi connectivity index (χ1) is 7.22. The van der Waals surface area contributed by atoms with Crippen molar-refractivity contribution < 1.29 is 9.53 Å². The summed E-state index contributed by atoms with van der Waals surface area (Å²) < 4.78 is 4.63. The number of pyridine rings is 1. The zero-order valence-electron chi connectivity index (χ0n) is 8.23. The lowest BCUT2D eigenvalue weighted by molar-refractivity contribution is 0.0601. The zero-order chi connectivity index (χ0) is 10.8. The molecule has 4 heteroatoms. The van der Waals surface area contributed by atoms with Crippen LogP contribution in [-0.2, 0) is 4.74 Å². The van der Waals surface area contributed by atoms with Gasteiger partial charge in [0.25, 0.3) is 0 Å². The molecule has 0 fully saturated rings. The number of nitrogens with zero attached hydrogens (tertiary/aromatic N) is 1. The van der Waals surface area contributed by atoms with Crippen LogP contribution in [0, 0.1) is 0 Å². The van der Waals surface area contributed by atoms with E-state index in [4.69, 9.17) is 5.73 Å². The minimum absolute atomic E-state index is 0.367. The third-order valence-corrected chi connectivity index (χ3v) is 2.21. The van der Waals surface area contributed by atoms with Crippen molar-refractivity contribution in [3.05, 3.63) is 36.2 Å². The number of hydrogen-bond donors (Lipinski definition) is 1. The first-order valence-electron chi connectivity index (χ1n) is 4.44. The Labute approximate surface area is 86.7 Å². The maximum atomic E-state index is 11.3. The molecular weight excluding hydrogens is 192 g/mol. The number of methoxy groups -OCH3 is 1. The summed E-state index contributed by atoms with van der Waals surface area (Å²) in [4.78, 5) is 15.3. The molecule has 0 saturated heterocycles. The molecule has 1 aromatic carbocycles. The van der Waals surface area contributed by atoms with E-state index in [0.29, 0.717) is 11.3 Å². The van der Waals surface area contributed by atoms with Crippen molar-refractivity contribution >= 4 is 22.4 Å². The van der Waals surface area contributed by atoms with Gasteiger partial charge in [-0.25, -0.2) is 4.79 Å². The van der Waals surface area contributed by atoms with Crippen LogP contribution in [-0.4, -0.2) is 18.1 Å². The smallest absolute Gasteiger partial charge is 0.337 e. The second-order valence-electron chi connectivity index (χ2n) is 3.16. The van der Waals surface area contributed by atoms with Gasteiger partial charge in [0, 0.05) is 17.0 Å². The second kappa shape index (κ2) is 3.57. The Morgan fingerprint density at radius 1 is 1.40 bits per heavy atom. The number of ether oxygens (including phenoxy) is 1. The fraction of sp³-hybridized carbons (Fsp3) is 0.0909. The fourth-order valence-electron chi connectivity index (χ4n) is 1.43. The van der Waals surface area contributed by atoms with Crippen molar-refractivity contribution in [1.82, 2.24) is 4.98 Å². The van der Waals surface area contributed by atoms with E-state index in [0.717, 1.165) is 10.8 Å². The molecule has 4 nitrogen and oxygen atoms in total. The molecule has 0 unspecified atom stereocenters. The number of aromatic nitrogens is 1. The van der Waals surface area contributed by atoms with Crippen LogP contribution >= 0.6 is 0 Å². The molecule has 1 aromatic heterocycles. The highest BCUT2D eigenvalue weighted by Gasteiger charge is 2.06. The van der Waals surface area contributed by atoms with E-state index in [1.54, 1.807) is 30.6 Å². The van der Waals surface area contributed by atoms with Crippen molar-refractivity contribution in [3.63, 3.8) is 0 Å². The molecular formula is C11H10N2O2. The van der Waals surface area contributed by atoms with Crippen molar-refractivity contribution in [3.8, 4) is 0 Å². The molecule has 0 bridgehead atoms. The average Bonchev–Trinajstić information content (AvgIpc) is 2.28. The van der Waals surface area contributed by atoms with Gasteiger partial charge in [0.05, 0.1) is 24.6 Å². The number of rotatable bonds is 1. The first-order valence-corrected chi connectivity index (χ1v) is 4.44. The monoisotopic (exact) mass is 202 g/mol. The van der Waals surface area contributed by atoms with Crippen LogP contribution in [0.2, 0.25) is 0 Å². The van der Waals surface area contributed by atoms with E-state index in [9.17, 15) is 4.79 Å². The van der Waals surface area contributed by atoms with E-state index in [1.165, 1.54) is 7.11 Å². The number of carbonyl (C=O) groups excluding carboxylic acids is 1. The number of esters is 1. The first kappa shape index (κ1) is 9.45. The number of hydrogen-bond acceptors (Lipinski definition) is 4. The molecule has 15 heavy (non-hydrogen) atoms. The summed E-state index contributed by atoms with van der Waals surface area (Å²) >= 11 is 0. The third-order valence-electron chi connectivity index (χ3n) is 2.21. The molecule has 0 radical (unpaired) electrons. The fourth-order valence-corrected chi connectivity index (χ4v) is 1.43. The standard InChI is InChI=1S/C11H10N2O2/c1-15-11(14)7-2-3-8-5-13-6-10(12)9(8)4-7/h2-6H,12H2,1H3. The van der Waals surface area contributed by atoms with Crippen molar-refractivity contribution in [2.45, 2.75) is 0 Å². The van der Waals surface area contributed by atoms with Crippen LogP contribution in [0.5, 0.6) is 0 Å². The minimum Gasteiger partial charge on any atom is -0.465 e. The van der Waals surface area contributed by atoms with Gasteiger partial charge in [0.1, 0.15) is 0 Å². The highest BCUT2D eigenvalue weighted by atomic mass is 16.5. The van der Waals surface area contributed by atoms with Crippen LogP contribution < -0.4 is 5.73 Å². The van der Waals surface area contributed by atoms with E-state index in [2.05, 4.69) is 9.72 Å². The zero-order valence-corrected chi connectivity index (χ0v) is 8.23. The molecule has 0 aliphatic carbocycles. The lowest BCUT2D eigenvalue weighted by Gasteiger charge is -2.03. The Balaban J connectivity index is 2.64. The van der Waals surface area contributed by atoms with Gasteiger partial charge >= 0.3 is 5.97 Å².